The molecular formula is C18H22Cl2N2. The quantitative estimate of drug-likeness (QED) is 0.769. The lowest BCUT2D eigenvalue weighted by atomic mass is 9.61. The third-order valence-electron chi connectivity index (χ3n) is 5.38. The molecule has 2 nitrogen and oxygen atoms in total. The van der Waals surface area contributed by atoms with Crippen LogP contribution in [0.3, 0.4) is 0 Å². The molecule has 0 fully saturated rings. The van der Waals surface area contributed by atoms with E-state index in [1.54, 1.807) is 5.56 Å². The zero-order valence-corrected chi connectivity index (χ0v) is 14.5. The van der Waals surface area contributed by atoms with E-state index in [1.807, 2.05) is 12.5 Å². The van der Waals surface area contributed by atoms with Crippen molar-refractivity contribution < 1.29 is 0 Å². The van der Waals surface area contributed by atoms with E-state index in [9.17, 15) is 0 Å². The molecule has 0 saturated carbocycles. The molecule has 1 aromatic carbocycles. The number of imidazole rings is 1. The first-order valence-corrected chi connectivity index (χ1v) is 8.30. The lowest BCUT2D eigenvalue weighted by molar-refractivity contribution is 0.251. The third kappa shape index (κ3) is 2.57. The lowest BCUT2D eigenvalue weighted by Crippen LogP contribution is -2.37. The Labute approximate surface area is 143 Å². The highest BCUT2D eigenvalue weighted by Crippen LogP contribution is 2.49. The minimum Gasteiger partial charge on any atom is -0.337 e. The van der Waals surface area contributed by atoms with E-state index in [0.29, 0.717) is 11.3 Å². The fourth-order valence-corrected chi connectivity index (χ4v) is 4.92. The van der Waals surface area contributed by atoms with Gasteiger partial charge < -0.3 is 4.57 Å². The summed E-state index contributed by atoms with van der Waals surface area (Å²) in [5.74, 6) is 0.698. The maximum absolute atomic E-state index is 6.46. The summed E-state index contributed by atoms with van der Waals surface area (Å²) in [6.07, 6.45) is 12.1. The van der Waals surface area contributed by atoms with Crippen LogP contribution in [0.25, 0.3) is 0 Å². The number of hydrogen-bond acceptors (Lipinski definition) is 1. The van der Waals surface area contributed by atoms with Crippen molar-refractivity contribution in [3.63, 3.8) is 0 Å². The van der Waals surface area contributed by atoms with E-state index in [2.05, 4.69) is 34.8 Å². The smallest absolute Gasteiger partial charge is 0.0945 e. The molecule has 2 atom stereocenters. The van der Waals surface area contributed by atoms with Gasteiger partial charge in [-0.05, 0) is 66.2 Å². The standard InChI is InChI=1S/C18H21ClN2.ClH/c1-18-6-2-3-15-16(19)5-4-14(17(15)18)9-13(10-18)11-21-8-7-20-12-21;/h4-5,7-8,12-13H,2-3,6,9-11H2,1H3;1H/t13-,18-;/m1./s1. The highest BCUT2D eigenvalue weighted by Gasteiger charge is 2.40. The molecule has 0 aliphatic heterocycles. The molecular weight excluding hydrogens is 315 g/mol. The van der Waals surface area contributed by atoms with Gasteiger partial charge in [-0.15, -0.1) is 12.4 Å². The Bertz CT molecular complexity index is 666. The van der Waals surface area contributed by atoms with E-state index in [1.165, 1.54) is 36.8 Å². The Morgan fingerprint density at radius 1 is 1.41 bits per heavy atom. The van der Waals surface area contributed by atoms with Gasteiger partial charge in [0.25, 0.3) is 0 Å². The first-order chi connectivity index (χ1) is 10.2. The highest BCUT2D eigenvalue weighted by molar-refractivity contribution is 6.31. The third-order valence-corrected chi connectivity index (χ3v) is 5.73. The van der Waals surface area contributed by atoms with Crippen LogP contribution in [-0.2, 0) is 24.8 Å². The first-order valence-electron chi connectivity index (χ1n) is 7.92. The van der Waals surface area contributed by atoms with E-state index < -0.39 is 0 Å². The average Bonchev–Trinajstić information content (AvgIpc) is 2.94. The molecule has 0 amide bonds. The molecule has 0 spiro atoms. The summed E-state index contributed by atoms with van der Waals surface area (Å²) in [6, 6.07) is 4.38. The molecule has 0 radical (unpaired) electrons. The van der Waals surface area contributed by atoms with Crippen molar-refractivity contribution in [1.29, 1.82) is 0 Å². The molecule has 2 aromatic rings. The topological polar surface area (TPSA) is 17.8 Å². The predicted octanol–water partition coefficient (Wildman–Crippen LogP) is 4.81. The number of aromatic nitrogens is 2. The average molecular weight is 337 g/mol. The zero-order valence-electron chi connectivity index (χ0n) is 12.9. The van der Waals surface area contributed by atoms with Crippen LogP contribution in [0.5, 0.6) is 0 Å². The number of halogens is 2. The second-order valence-electron chi connectivity index (χ2n) is 7.01. The summed E-state index contributed by atoms with van der Waals surface area (Å²) in [7, 11) is 0. The monoisotopic (exact) mass is 336 g/mol. The molecule has 0 unspecified atom stereocenters. The molecule has 0 bridgehead atoms. The highest BCUT2D eigenvalue weighted by atomic mass is 35.5. The summed E-state index contributed by atoms with van der Waals surface area (Å²) in [5.41, 5.74) is 4.87. The summed E-state index contributed by atoms with van der Waals surface area (Å²) < 4.78 is 2.22. The van der Waals surface area contributed by atoms with Crippen molar-refractivity contribution in [3.8, 4) is 0 Å². The maximum Gasteiger partial charge on any atom is 0.0945 e. The van der Waals surface area contributed by atoms with Gasteiger partial charge in [0.15, 0.2) is 0 Å². The predicted molar refractivity (Wildman–Crippen MR) is 93.0 cm³/mol. The van der Waals surface area contributed by atoms with E-state index >= 15 is 0 Å². The van der Waals surface area contributed by atoms with E-state index in [0.717, 1.165) is 18.0 Å². The molecule has 0 saturated heterocycles. The van der Waals surface area contributed by atoms with Crippen molar-refractivity contribution in [3.05, 3.63) is 52.6 Å². The molecule has 1 aromatic heterocycles. The van der Waals surface area contributed by atoms with Crippen molar-refractivity contribution in [1.82, 2.24) is 9.55 Å². The van der Waals surface area contributed by atoms with Gasteiger partial charge in [0.05, 0.1) is 6.33 Å². The normalized spacial score (nSPS) is 26.2. The van der Waals surface area contributed by atoms with Gasteiger partial charge >= 0.3 is 0 Å². The second-order valence-corrected chi connectivity index (χ2v) is 7.42. The Morgan fingerprint density at radius 3 is 3.05 bits per heavy atom. The molecule has 4 heteroatoms. The number of benzene rings is 1. The van der Waals surface area contributed by atoms with Crippen molar-refractivity contribution in [2.75, 3.05) is 0 Å². The maximum atomic E-state index is 6.46. The van der Waals surface area contributed by atoms with Crippen LogP contribution >= 0.6 is 24.0 Å². The van der Waals surface area contributed by atoms with Gasteiger partial charge in [0, 0.05) is 24.0 Å². The van der Waals surface area contributed by atoms with Gasteiger partial charge in [0.1, 0.15) is 0 Å². The molecule has 0 N–H and O–H groups in total. The van der Waals surface area contributed by atoms with E-state index in [-0.39, 0.29) is 12.4 Å². The summed E-state index contributed by atoms with van der Waals surface area (Å²) in [4.78, 5) is 4.17. The number of hydrogen-bond donors (Lipinski definition) is 0. The fraction of sp³-hybridized carbons (Fsp3) is 0.500. The minimum atomic E-state index is 0. The van der Waals surface area contributed by atoms with Crippen LogP contribution < -0.4 is 0 Å². The summed E-state index contributed by atoms with van der Waals surface area (Å²) in [5, 5.41) is 0.979. The first kappa shape index (κ1) is 15.9. The van der Waals surface area contributed by atoms with Crippen LogP contribution in [-0.4, -0.2) is 9.55 Å². The van der Waals surface area contributed by atoms with Crippen LogP contribution in [0.1, 0.15) is 42.9 Å². The van der Waals surface area contributed by atoms with Gasteiger partial charge in [-0.25, -0.2) is 4.98 Å². The second kappa shape index (κ2) is 5.90. The van der Waals surface area contributed by atoms with Gasteiger partial charge in [-0.1, -0.05) is 24.6 Å². The molecule has 22 heavy (non-hydrogen) atoms. The Hall–Kier alpha value is -0.990. The number of rotatable bonds is 2. The molecule has 2 aliphatic carbocycles. The van der Waals surface area contributed by atoms with Crippen LogP contribution in [0.15, 0.2) is 30.9 Å². The van der Waals surface area contributed by atoms with Crippen LogP contribution in [0.4, 0.5) is 0 Å². The molecule has 118 valence electrons. The molecule has 4 rings (SSSR count). The molecule has 1 heterocycles. The van der Waals surface area contributed by atoms with Gasteiger partial charge in [0.2, 0.25) is 0 Å². The van der Waals surface area contributed by atoms with Gasteiger partial charge in [-0.3, -0.25) is 0 Å². The lowest BCUT2D eigenvalue weighted by Gasteiger charge is -2.44. The fourth-order valence-electron chi connectivity index (χ4n) is 4.66. The van der Waals surface area contributed by atoms with Crippen molar-refractivity contribution in [2.24, 2.45) is 5.92 Å². The Kier molecular flexibility index (Phi) is 4.26. The van der Waals surface area contributed by atoms with Crippen LogP contribution in [0, 0.1) is 5.92 Å². The van der Waals surface area contributed by atoms with Crippen molar-refractivity contribution >= 4 is 24.0 Å². The summed E-state index contributed by atoms with van der Waals surface area (Å²) >= 11 is 6.46. The zero-order chi connectivity index (χ0) is 14.4. The Balaban J connectivity index is 0.00000144. The van der Waals surface area contributed by atoms with Gasteiger partial charge in [-0.2, -0.15) is 0 Å². The molecule has 2 aliphatic rings. The van der Waals surface area contributed by atoms with E-state index in [4.69, 9.17) is 11.6 Å². The van der Waals surface area contributed by atoms with Crippen LogP contribution in [0.2, 0.25) is 5.02 Å². The number of nitrogens with zero attached hydrogens (tertiary/aromatic N) is 2. The minimum absolute atomic E-state index is 0. The Morgan fingerprint density at radius 2 is 2.27 bits per heavy atom. The largest absolute Gasteiger partial charge is 0.337 e. The SMILES string of the molecule is C[C@]12CCCc3c(Cl)ccc(c31)C[C@@H](Cn1ccnc1)C2.Cl. The summed E-state index contributed by atoms with van der Waals surface area (Å²) in [6.45, 7) is 3.53. The van der Waals surface area contributed by atoms with Crippen molar-refractivity contribution in [2.45, 2.75) is 51.0 Å².